The van der Waals surface area contributed by atoms with Gasteiger partial charge in [0.15, 0.2) is 0 Å². The van der Waals surface area contributed by atoms with E-state index < -0.39 is 162 Å². The van der Waals surface area contributed by atoms with Crippen molar-refractivity contribution >= 4 is 70.9 Å². The van der Waals surface area contributed by atoms with Crippen LogP contribution >= 0.6 is 0 Å². The Morgan fingerprint density at radius 2 is 0.978 bits per heavy atom. The maximum atomic E-state index is 14.9. The number of aliphatic hydroxyl groups excluding tert-OH is 1. The van der Waals surface area contributed by atoms with Gasteiger partial charge in [0.1, 0.15) is 60.4 Å². The first-order valence-electron chi connectivity index (χ1n) is 31.2. The minimum absolute atomic E-state index is 0.0173. The SMILES string of the molecule is CC[C@H](C)[C@@H]1NC(=O)[C@H](C)NC(=O)C[C@@H](C(=O)N2CCCCC2)NC(=O)[C@H](C(C)C)NC(=O)[C@H](Cc2ccccc2)N(C)C(=O)[C@H](CC(C)C)NC(=O)[C@H]([C@@H](C)O)NC(=O)[C@H](Cc2ccccc2)NC(=O)[C@H](C)NC(=O)CN(C)C(=O)[C@H](CC(C)C)NC1=O. The Labute approximate surface area is 523 Å². The summed E-state index contributed by atoms with van der Waals surface area (Å²) in [7, 11) is 2.71. The molecule has 0 radical (unpaired) electrons. The number of nitrogens with one attached hydrogen (secondary N) is 9. The number of rotatable bonds is 13. The topological polar surface area (TPSA) is 343 Å². The first-order chi connectivity index (χ1) is 41.9. The average Bonchev–Trinajstić information content (AvgIpc) is 3.36. The van der Waals surface area contributed by atoms with Crippen molar-refractivity contribution in [2.45, 2.75) is 200 Å². The van der Waals surface area contributed by atoms with E-state index >= 15 is 0 Å². The predicted molar refractivity (Wildman–Crippen MR) is 333 cm³/mol. The Morgan fingerprint density at radius 1 is 0.517 bits per heavy atom. The fourth-order valence-electron chi connectivity index (χ4n) is 10.6. The normalized spacial score (nSPS) is 26.3. The largest absolute Gasteiger partial charge is 0.391 e. The monoisotopic (exact) mass is 1240 g/mol. The summed E-state index contributed by atoms with van der Waals surface area (Å²) >= 11 is 0. The lowest BCUT2D eigenvalue weighted by atomic mass is 9.96. The van der Waals surface area contributed by atoms with E-state index in [1.165, 1.54) is 34.9 Å². The van der Waals surface area contributed by atoms with Crippen LogP contribution in [0.25, 0.3) is 0 Å². The van der Waals surface area contributed by atoms with E-state index in [0.717, 1.165) is 16.2 Å². The van der Waals surface area contributed by atoms with E-state index in [1.807, 2.05) is 13.8 Å². The zero-order valence-electron chi connectivity index (χ0n) is 54.1. The van der Waals surface area contributed by atoms with Gasteiger partial charge in [0.05, 0.1) is 19.1 Å². The molecule has 2 heterocycles. The molecule has 0 aliphatic carbocycles. The number of aliphatic hydroxyl groups is 1. The molecule has 12 atom stereocenters. The van der Waals surface area contributed by atoms with Gasteiger partial charge in [0, 0.05) is 40.0 Å². The highest BCUT2D eigenvalue weighted by Crippen LogP contribution is 2.19. The third kappa shape index (κ3) is 22.9. The first kappa shape index (κ1) is 73.5. The molecule has 0 unspecified atom stereocenters. The number of amides is 12. The molecule has 2 fully saturated rings. The molecule has 89 heavy (non-hydrogen) atoms. The molecule has 2 aromatic carbocycles. The fraction of sp³-hybridized carbons (Fsp3) is 0.625. The number of piperidine rings is 1. The summed E-state index contributed by atoms with van der Waals surface area (Å²) in [4.78, 5) is 175. The minimum atomic E-state index is -1.71. The van der Waals surface area contributed by atoms with Gasteiger partial charge >= 0.3 is 0 Å². The van der Waals surface area contributed by atoms with E-state index in [9.17, 15) is 62.6 Å². The quantitative estimate of drug-likeness (QED) is 0.133. The molecule has 12 amide bonds. The van der Waals surface area contributed by atoms with Crippen molar-refractivity contribution in [2.75, 3.05) is 33.7 Å². The van der Waals surface area contributed by atoms with Gasteiger partial charge in [0.25, 0.3) is 0 Å². The van der Waals surface area contributed by atoms with Gasteiger partial charge < -0.3 is 67.7 Å². The number of carbonyl (C=O) groups is 12. The highest BCUT2D eigenvalue weighted by molar-refractivity contribution is 6.00. The third-order valence-corrected chi connectivity index (χ3v) is 16.0. The van der Waals surface area contributed by atoms with E-state index in [4.69, 9.17) is 0 Å². The van der Waals surface area contributed by atoms with Crippen LogP contribution < -0.4 is 47.9 Å². The Bertz CT molecular complexity index is 2760. The van der Waals surface area contributed by atoms with Crippen LogP contribution in [0.3, 0.4) is 0 Å². The molecule has 2 aromatic rings. The Hall–Kier alpha value is -7.96. The van der Waals surface area contributed by atoms with E-state index in [0.29, 0.717) is 43.5 Å². The van der Waals surface area contributed by atoms with Gasteiger partial charge in [-0.15, -0.1) is 0 Å². The fourth-order valence-corrected chi connectivity index (χ4v) is 10.6. The highest BCUT2D eigenvalue weighted by Gasteiger charge is 2.40. The van der Waals surface area contributed by atoms with Crippen molar-refractivity contribution in [3.05, 3.63) is 71.8 Å². The maximum Gasteiger partial charge on any atom is 0.245 e. The number of benzene rings is 2. The van der Waals surface area contributed by atoms with Crippen LogP contribution in [-0.2, 0) is 70.4 Å². The van der Waals surface area contributed by atoms with Crippen molar-refractivity contribution in [1.29, 1.82) is 0 Å². The lowest BCUT2D eigenvalue weighted by Gasteiger charge is -2.34. The van der Waals surface area contributed by atoms with Gasteiger partial charge in [-0.25, -0.2) is 0 Å². The second kappa shape index (κ2) is 35.3. The van der Waals surface area contributed by atoms with Crippen LogP contribution in [0.4, 0.5) is 0 Å². The second-order valence-electron chi connectivity index (χ2n) is 25.0. The standard InChI is InChI=1S/C64H98N12O13/c1-14-39(8)53-60(85)68-46(30-36(2)3)62(87)74(12)35-51(79)66-40(9)55(80)67-45(32-43-24-18-15-19-25-43)57(82)73-54(42(11)77)61(86)69-47(31-37(4)5)63(88)75(13)49(33-44-26-20-16-21-27-44)58(83)71-52(38(6)7)59(84)70-48(64(89)76-28-22-17-23-29-76)34-50(78)65-41(10)56(81)72-53/h15-16,18-21,24-27,36-42,45-49,52-54,77H,14,17,22-23,28-35H2,1-13H3,(H,65,78)(H,66,79)(H,67,80)(H,68,85)(H,69,86)(H,70,84)(H,71,83)(H,72,81)(H,73,82)/t39-,40-,41-,42+,45-,46-,47-,48-,49-,52-,53-,54-/m0/s1. The lowest BCUT2D eigenvalue weighted by Crippen LogP contribution is -2.62. The minimum Gasteiger partial charge on any atom is -0.391 e. The Morgan fingerprint density at radius 3 is 1.49 bits per heavy atom. The van der Waals surface area contributed by atoms with Crippen molar-refractivity contribution in [3.8, 4) is 0 Å². The summed E-state index contributed by atoms with van der Waals surface area (Å²) in [6.45, 7) is 18.2. The van der Waals surface area contributed by atoms with Gasteiger partial charge in [-0.2, -0.15) is 0 Å². The summed E-state index contributed by atoms with van der Waals surface area (Å²) in [5, 5.41) is 35.2. The summed E-state index contributed by atoms with van der Waals surface area (Å²) in [6, 6.07) is 3.68. The van der Waals surface area contributed by atoms with E-state index in [2.05, 4.69) is 47.9 Å². The van der Waals surface area contributed by atoms with Crippen LogP contribution in [0.2, 0.25) is 0 Å². The van der Waals surface area contributed by atoms with Crippen molar-refractivity contribution in [3.63, 3.8) is 0 Å². The molecule has 2 saturated heterocycles. The average molecular weight is 1240 g/mol. The predicted octanol–water partition coefficient (Wildman–Crippen LogP) is 0.751. The molecule has 2 aliphatic heterocycles. The smallest absolute Gasteiger partial charge is 0.245 e. The Balaban J connectivity index is 1.83. The van der Waals surface area contributed by atoms with Crippen molar-refractivity contribution in [2.24, 2.45) is 23.7 Å². The van der Waals surface area contributed by atoms with Crippen molar-refractivity contribution in [1.82, 2.24) is 62.6 Å². The molecule has 492 valence electrons. The van der Waals surface area contributed by atoms with Crippen LogP contribution in [0.5, 0.6) is 0 Å². The molecule has 4 rings (SSSR count). The van der Waals surface area contributed by atoms with Gasteiger partial charge in [-0.05, 0) is 87.7 Å². The Kier molecular flexibility index (Phi) is 29.1. The molecule has 0 saturated carbocycles. The number of carbonyl (C=O) groups excluding carboxylic acids is 12. The van der Waals surface area contributed by atoms with Gasteiger partial charge in [-0.1, -0.05) is 122 Å². The highest BCUT2D eigenvalue weighted by atomic mass is 16.3. The number of hydrogen-bond acceptors (Lipinski definition) is 13. The van der Waals surface area contributed by atoms with E-state index in [1.54, 1.807) is 107 Å². The molecule has 0 bridgehead atoms. The van der Waals surface area contributed by atoms with E-state index in [-0.39, 0.29) is 37.5 Å². The molecular weight excluding hydrogens is 1140 g/mol. The number of nitrogens with zero attached hydrogens (tertiary/aromatic N) is 3. The molecular formula is C64H98N12O13. The summed E-state index contributed by atoms with van der Waals surface area (Å²) in [5.41, 5.74) is 1.22. The van der Waals surface area contributed by atoms with Crippen LogP contribution in [0.15, 0.2) is 60.7 Å². The number of likely N-dealkylation sites (N-methyl/N-ethyl adjacent to an activating group) is 2. The zero-order chi connectivity index (χ0) is 66.4. The molecule has 0 spiro atoms. The summed E-state index contributed by atoms with van der Waals surface area (Å²) in [6.07, 6.45) is 0.338. The van der Waals surface area contributed by atoms with Crippen LogP contribution in [-0.4, -0.2) is 191 Å². The molecule has 10 N–H and O–H groups in total. The first-order valence-corrected chi connectivity index (χ1v) is 31.2. The summed E-state index contributed by atoms with van der Waals surface area (Å²) < 4.78 is 0. The number of likely N-dealkylation sites (tertiary alicyclic amines) is 1. The molecule has 25 heteroatoms. The summed E-state index contributed by atoms with van der Waals surface area (Å²) in [5.74, 6) is -10.9. The van der Waals surface area contributed by atoms with Crippen molar-refractivity contribution < 1.29 is 62.6 Å². The van der Waals surface area contributed by atoms with Gasteiger partial charge in [0.2, 0.25) is 70.9 Å². The maximum absolute atomic E-state index is 14.9. The third-order valence-electron chi connectivity index (χ3n) is 16.0. The van der Waals surface area contributed by atoms with Crippen LogP contribution in [0.1, 0.15) is 132 Å². The zero-order valence-corrected chi connectivity index (χ0v) is 54.1. The van der Waals surface area contributed by atoms with Gasteiger partial charge in [-0.3, -0.25) is 57.5 Å². The lowest BCUT2D eigenvalue weighted by molar-refractivity contribution is -0.144. The number of hydrogen-bond donors (Lipinski definition) is 10. The molecule has 0 aromatic heterocycles. The molecule has 2 aliphatic rings. The molecule has 25 nitrogen and oxygen atoms in total. The van der Waals surface area contributed by atoms with Crippen LogP contribution in [0, 0.1) is 23.7 Å². The second-order valence-corrected chi connectivity index (χ2v) is 25.0.